The molecule has 3 atom stereocenters. The van der Waals surface area contributed by atoms with Gasteiger partial charge in [-0.05, 0) is 36.3 Å². The van der Waals surface area contributed by atoms with Gasteiger partial charge in [0.15, 0.2) is 0 Å². The molecule has 0 radical (unpaired) electrons. The van der Waals surface area contributed by atoms with Crippen LogP contribution in [0.15, 0.2) is 18.2 Å². The van der Waals surface area contributed by atoms with Gasteiger partial charge in [0.05, 0.1) is 38.6 Å². The second kappa shape index (κ2) is 12.5. The molecule has 2 fully saturated rings. The predicted molar refractivity (Wildman–Crippen MR) is 154 cm³/mol. The highest BCUT2D eigenvalue weighted by Gasteiger charge is 2.54. The third kappa shape index (κ3) is 6.75. The average molecular weight is 592 g/mol. The van der Waals surface area contributed by atoms with Crippen LogP contribution >= 0.6 is 11.6 Å². The number of halogens is 1. The number of benzene rings is 1. The van der Waals surface area contributed by atoms with E-state index in [9.17, 15) is 14.4 Å². The third-order valence-electron chi connectivity index (χ3n) is 8.26. The Morgan fingerprint density at radius 1 is 1.12 bits per heavy atom. The van der Waals surface area contributed by atoms with E-state index in [4.69, 9.17) is 30.6 Å². The highest BCUT2D eigenvalue weighted by molar-refractivity contribution is 6.32. The van der Waals surface area contributed by atoms with Crippen molar-refractivity contribution in [3.8, 4) is 11.5 Å². The van der Waals surface area contributed by atoms with Crippen molar-refractivity contribution in [1.82, 2.24) is 15.7 Å². The van der Waals surface area contributed by atoms with Crippen molar-refractivity contribution in [2.75, 3.05) is 27.9 Å². The number of nitrogens with one attached hydrogen (secondary N) is 2. The summed E-state index contributed by atoms with van der Waals surface area (Å²) in [6.45, 7) is 5.79. The Morgan fingerprint density at radius 2 is 1.80 bits per heavy atom. The van der Waals surface area contributed by atoms with E-state index in [2.05, 4.69) is 10.8 Å². The van der Waals surface area contributed by atoms with Gasteiger partial charge >= 0.3 is 5.97 Å². The summed E-state index contributed by atoms with van der Waals surface area (Å²) in [5, 5.41) is 3.40. The number of hydrogen-bond acceptors (Lipinski definition) is 8. The van der Waals surface area contributed by atoms with E-state index in [1.807, 2.05) is 26.8 Å². The molecule has 2 amide bonds. The number of methoxy groups -OCH3 is 3. The first kappa shape index (κ1) is 31.0. The van der Waals surface area contributed by atoms with Crippen molar-refractivity contribution >= 4 is 35.1 Å². The minimum atomic E-state index is -1.02. The van der Waals surface area contributed by atoms with Gasteiger partial charge in [-0.2, -0.15) is 0 Å². The van der Waals surface area contributed by atoms with Crippen LogP contribution in [0.2, 0.25) is 5.02 Å². The van der Waals surface area contributed by atoms with E-state index >= 15 is 0 Å². The van der Waals surface area contributed by atoms with Crippen molar-refractivity contribution in [3.05, 3.63) is 28.8 Å². The van der Waals surface area contributed by atoms with Crippen molar-refractivity contribution in [2.45, 2.75) is 83.4 Å². The first-order chi connectivity index (χ1) is 19.4. The van der Waals surface area contributed by atoms with Crippen LogP contribution in [0.3, 0.4) is 0 Å². The maximum absolute atomic E-state index is 14.1. The molecule has 4 rings (SSSR count). The van der Waals surface area contributed by atoms with Crippen LogP contribution in [-0.4, -0.2) is 68.2 Å². The summed E-state index contributed by atoms with van der Waals surface area (Å²) in [7, 11) is 4.35. The predicted octanol–water partition coefficient (Wildman–Crippen LogP) is 4.25. The van der Waals surface area contributed by atoms with E-state index in [1.54, 1.807) is 12.1 Å². The highest BCUT2D eigenvalue weighted by atomic mass is 35.5. The second-order valence-corrected chi connectivity index (χ2v) is 12.7. The molecule has 41 heavy (non-hydrogen) atoms. The Morgan fingerprint density at radius 3 is 2.41 bits per heavy atom. The third-order valence-corrected chi connectivity index (χ3v) is 8.56. The van der Waals surface area contributed by atoms with Crippen LogP contribution < -0.4 is 20.3 Å². The molecule has 0 aromatic heterocycles. The summed E-state index contributed by atoms with van der Waals surface area (Å²) in [6.07, 6.45) is 7.94. The molecule has 0 bridgehead atoms. The molecule has 3 aliphatic rings. The van der Waals surface area contributed by atoms with Gasteiger partial charge in [-0.3, -0.25) is 19.9 Å². The summed E-state index contributed by atoms with van der Waals surface area (Å²) >= 11 is 6.39. The molecule has 2 heterocycles. The molecule has 1 aromatic carbocycles. The van der Waals surface area contributed by atoms with Crippen LogP contribution in [0, 0.1) is 11.3 Å². The molecule has 0 unspecified atom stereocenters. The molecular weight excluding hydrogens is 550 g/mol. The molecule has 10 nitrogen and oxygen atoms in total. The van der Waals surface area contributed by atoms with E-state index in [0.717, 1.165) is 25.7 Å². The van der Waals surface area contributed by atoms with Gasteiger partial charge in [0.1, 0.15) is 29.2 Å². The average Bonchev–Trinajstić information content (AvgIpc) is 3.54. The van der Waals surface area contributed by atoms with Crippen LogP contribution in [0.4, 0.5) is 0 Å². The molecule has 1 saturated carbocycles. The molecule has 1 aliphatic carbocycles. The number of amides is 2. The SMILES string of the molecule is COC(=O)[C@@H]1C[C@]2(C=C(c3cc(Cl)c(OC)cc3OC)NO2)CN1C(=O)[C@@H](NC(=O)CC1CCCCC1)C(C)(C)C. The van der Waals surface area contributed by atoms with E-state index in [-0.39, 0.29) is 24.8 Å². The van der Waals surface area contributed by atoms with Gasteiger partial charge < -0.3 is 24.4 Å². The topological polar surface area (TPSA) is 115 Å². The summed E-state index contributed by atoms with van der Waals surface area (Å²) < 4.78 is 15.9. The number of hydroxylamine groups is 1. The van der Waals surface area contributed by atoms with Crippen molar-refractivity contribution in [3.63, 3.8) is 0 Å². The zero-order valence-corrected chi connectivity index (χ0v) is 25.6. The van der Waals surface area contributed by atoms with E-state index < -0.39 is 29.1 Å². The molecular formula is C30H42ClN3O7. The smallest absolute Gasteiger partial charge is 0.328 e. The number of ether oxygens (including phenoxy) is 3. The molecule has 1 aromatic rings. The fourth-order valence-corrected chi connectivity index (χ4v) is 6.27. The number of carbonyl (C=O) groups is 3. The van der Waals surface area contributed by atoms with Gasteiger partial charge in [-0.15, -0.1) is 0 Å². The lowest BCUT2D eigenvalue weighted by molar-refractivity contribution is -0.153. The molecule has 2 N–H and O–H groups in total. The van der Waals surface area contributed by atoms with Crippen molar-refractivity contribution in [2.24, 2.45) is 11.3 Å². The summed E-state index contributed by atoms with van der Waals surface area (Å²) in [5.74, 6) is 0.267. The Hall–Kier alpha value is -2.98. The number of carbonyl (C=O) groups excluding carboxylic acids is 3. The Labute approximate surface area is 247 Å². The van der Waals surface area contributed by atoms with Gasteiger partial charge in [-0.1, -0.05) is 51.6 Å². The quantitative estimate of drug-likeness (QED) is 0.431. The normalized spacial score (nSPS) is 23.5. The number of rotatable bonds is 8. The number of esters is 1. The lowest BCUT2D eigenvalue weighted by atomic mass is 9.84. The van der Waals surface area contributed by atoms with Crippen LogP contribution in [-0.2, 0) is 24.0 Å². The molecule has 2 aliphatic heterocycles. The number of nitrogens with zero attached hydrogens (tertiary/aromatic N) is 1. The summed E-state index contributed by atoms with van der Waals surface area (Å²) in [4.78, 5) is 47.7. The molecule has 1 saturated heterocycles. The monoisotopic (exact) mass is 591 g/mol. The zero-order chi connectivity index (χ0) is 29.9. The molecule has 11 heteroatoms. The largest absolute Gasteiger partial charge is 0.496 e. The molecule has 1 spiro atoms. The number of likely N-dealkylation sites (tertiary alicyclic amines) is 1. The van der Waals surface area contributed by atoms with Crippen molar-refractivity contribution in [1.29, 1.82) is 0 Å². The minimum Gasteiger partial charge on any atom is -0.496 e. The summed E-state index contributed by atoms with van der Waals surface area (Å²) in [5.41, 5.74) is 2.54. The lowest BCUT2D eigenvalue weighted by Crippen LogP contribution is -2.57. The minimum absolute atomic E-state index is 0.0827. The maximum atomic E-state index is 14.1. The van der Waals surface area contributed by atoms with Crippen LogP contribution in [0.1, 0.15) is 71.3 Å². The Bertz CT molecular complexity index is 1190. The second-order valence-electron chi connectivity index (χ2n) is 12.3. The Balaban J connectivity index is 1.60. The standard InChI is InChI=1S/C30H42ClN3O7/c1-29(2,3)26(32-25(35)12-18-10-8-7-9-11-18)27(36)34-17-30(16-22(34)28(37)40-6)15-21(33-41-30)19-13-20(31)24(39-5)14-23(19)38-4/h13-15,18,22,26,33H,7-12,16-17H2,1-6H3,(H,32,35)/t22-,26+,30+/m0/s1. The van der Waals surface area contributed by atoms with Crippen LogP contribution in [0.5, 0.6) is 11.5 Å². The fourth-order valence-electron chi connectivity index (χ4n) is 6.03. The maximum Gasteiger partial charge on any atom is 0.328 e. The fraction of sp³-hybridized carbons (Fsp3) is 0.633. The number of hydrogen-bond donors (Lipinski definition) is 2. The van der Waals surface area contributed by atoms with E-state index in [0.29, 0.717) is 40.1 Å². The van der Waals surface area contributed by atoms with Gasteiger partial charge in [0, 0.05) is 24.5 Å². The first-order valence-electron chi connectivity index (χ1n) is 14.2. The zero-order valence-electron chi connectivity index (χ0n) is 24.8. The lowest BCUT2D eigenvalue weighted by Gasteiger charge is -2.35. The highest BCUT2D eigenvalue weighted by Crippen LogP contribution is 2.42. The van der Waals surface area contributed by atoms with E-state index in [1.165, 1.54) is 32.7 Å². The van der Waals surface area contributed by atoms with Crippen LogP contribution in [0.25, 0.3) is 5.70 Å². The Kier molecular flexibility index (Phi) is 9.43. The van der Waals surface area contributed by atoms with Gasteiger partial charge in [0.25, 0.3) is 0 Å². The van der Waals surface area contributed by atoms with Gasteiger partial charge in [-0.25, -0.2) is 4.79 Å². The van der Waals surface area contributed by atoms with Crippen molar-refractivity contribution < 1.29 is 33.4 Å². The summed E-state index contributed by atoms with van der Waals surface area (Å²) in [6, 6.07) is 1.65. The first-order valence-corrected chi connectivity index (χ1v) is 14.6. The van der Waals surface area contributed by atoms with Gasteiger partial charge in [0.2, 0.25) is 11.8 Å². The molecule has 226 valence electrons.